The smallest absolute Gasteiger partial charge is 0.277 e. The number of carbonyl (C=O) groups is 2. The minimum absolute atomic E-state index is 0.0741. The molecule has 3 heterocycles. The standard InChI is InChI=1S/C21H25N3O3/c1-2-17-18(22-15-27-17)19(25)24-13-7-11-21(24)10-6-12-23(20(21)26)14-16-8-4-3-5-9-16/h3-5,8-9,15H,2,6-7,10-14H2,1H3. The number of hydrogen-bond acceptors (Lipinski definition) is 4. The fraction of sp³-hybridized carbons (Fsp3) is 0.476. The van der Waals surface area contributed by atoms with Gasteiger partial charge >= 0.3 is 0 Å². The average molecular weight is 367 g/mol. The first kappa shape index (κ1) is 17.8. The maximum Gasteiger partial charge on any atom is 0.277 e. The molecule has 1 atom stereocenters. The van der Waals surface area contributed by atoms with Crippen molar-refractivity contribution in [1.82, 2.24) is 14.8 Å². The van der Waals surface area contributed by atoms with Crippen molar-refractivity contribution in [1.29, 1.82) is 0 Å². The molecular weight excluding hydrogens is 342 g/mol. The van der Waals surface area contributed by atoms with E-state index in [1.807, 2.05) is 42.2 Å². The van der Waals surface area contributed by atoms with Crippen molar-refractivity contribution in [3.8, 4) is 0 Å². The van der Waals surface area contributed by atoms with E-state index in [-0.39, 0.29) is 11.8 Å². The number of carbonyl (C=O) groups excluding carboxylic acids is 2. The first-order chi connectivity index (χ1) is 13.2. The van der Waals surface area contributed by atoms with E-state index in [0.717, 1.165) is 37.8 Å². The van der Waals surface area contributed by atoms with Crippen LogP contribution in [0, 0.1) is 0 Å². The highest BCUT2D eigenvalue weighted by atomic mass is 16.3. The molecule has 1 aromatic carbocycles. The van der Waals surface area contributed by atoms with Gasteiger partial charge in [0.05, 0.1) is 0 Å². The van der Waals surface area contributed by atoms with Crippen LogP contribution < -0.4 is 0 Å². The van der Waals surface area contributed by atoms with Crippen molar-refractivity contribution < 1.29 is 14.0 Å². The summed E-state index contributed by atoms with van der Waals surface area (Å²) < 4.78 is 5.34. The van der Waals surface area contributed by atoms with Crippen LogP contribution in [0.25, 0.3) is 0 Å². The van der Waals surface area contributed by atoms with Gasteiger partial charge in [0.25, 0.3) is 5.91 Å². The summed E-state index contributed by atoms with van der Waals surface area (Å²) in [6.45, 7) is 3.86. The topological polar surface area (TPSA) is 66.7 Å². The Kier molecular flexibility index (Phi) is 4.72. The molecule has 1 aromatic heterocycles. The first-order valence-corrected chi connectivity index (χ1v) is 9.73. The third-order valence-corrected chi connectivity index (χ3v) is 5.82. The molecule has 2 saturated heterocycles. The molecule has 27 heavy (non-hydrogen) atoms. The van der Waals surface area contributed by atoms with E-state index in [4.69, 9.17) is 4.42 Å². The number of benzene rings is 1. The van der Waals surface area contributed by atoms with E-state index in [2.05, 4.69) is 4.98 Å². The summed E-state index contributed by atoms with van der Waals surface area (Å²) in [6, 6.07) is 10.0. The Hall–Kier alpha value is -2.63. The number of likely N-dealkylation sites (tertiary alicyclic amines) is 2. The van der Waals surface area contributed by atoms with E-state index in [0.29, 0.717) is 31.0 Å². The molecule has 2 aliphatic heterocycles. The number of rotatable bonds is 4. The highest BCUT2D eigenvalue weighted by Gasteiger charge is 2.53. The van der Waals surface area contributed by atoms with Crippen molar-refractivity contribution in [2.75, 3.05) is 13.1 Å². The van der Waals surface area contributed by atoms with Gasteiger partial charge in [-0.15, -0.1) is 0 Å². The molecule has 1 unspecified atom stereocenters. The molecule has 0 aliphatic carbocycles. The van der Waals surface area contributed by atoms with Crippen LogP contribution in [-0.2, 0) is 17.8 Å². The van der Waals surface area contributed by atoms with Gasteiger partial charge < -0.3 is 14.2 Å². The van der Waals surface area contributed by atoms with E-state index in [9.17, 15) is 9.59 Å². The maximum atomic E-state index is 13.5. The van der Waals surface area contributed by atoms with Gasteiger partial charge in [-0.05, 0) is 31.2 Å². The molecule has 4 rings (SSSR count). The van der Waals surface area contributed by atoms with Crippen molar-refractivity contribution in [2.24, 2.45) is 0 Å². The Labute approximate surface area is 159 Å². The molecule has 6 nitrogen and oxygen atoms in total. The average Bonchev–Trinajstić information content (AvgIpc) is 3.33. The van der Waals surface area contributed by atoms with E-state index in [1.165, 1.54) is 6.39 Å². The Morgan fingerprint density at radius 2 is 1.93 bits per heavy atom. The van der Waals surface area contributed by atoms with Crippen molar-refractivity contribution in [3.63, 3.8) is 0 Å². The summed E-state index contributed by atoms with van der Waals surface area (Å²) in [5.41, 5.74) is 0.740. The molecule has 1 spiro atoms. The fourth-order valence-corrected chi connectivity index (χ4v) is 4.50. The number of amides is 2. The van der Waals surface area contributed by atoms with Gasteiger partial charge in [-0.2, -0.15) is 0 Å². The summed E-state index contributed by atoms with van der Waals surface area (Å²) in [7, 11) is 0. The molecular formula is C21H25N3O3. The second-order valence-corrected chi connectivity index (χ2v) is 7.39. The Bertz CT molecular complexity index is 832. The monoisotopic (exact) mass is 367 g/mol. The molecule has 0 bridgehead atoms. The van der Waals surface area contributed by atoms with Crippen molar-refractivity contribution >= 4 is 11.8 Å². The SMILES string of the molecule is CCc1ocnc1C(=O)N1CCCC12CCCN(Cc1ccccc1)C2=O. The van der Waals surface area contributed by atoms with Crippen LogP contribution in [0.2, 0.25) is 0 Å². The lowest BCUT2D eigenvalue weighted by molar-refractivity contribution is -0.146. The molecule has 2 fully saturated rings. The van der Waals surface area contributed by atoms with Gasteiger partial charge in [-0.3, -0.25) is 9.59 Å². The number of oxazole rings is 1. The number of piperidine rings is 1. The minimum atomic E-state index is -0.728. The summed E-state index contributed by atoms with van der Waals surface area (Å²) in [5, 5.41) is 0. The zero-order valence-electron chi connectivity index (χ0n) is 15.7. The van der Waals surface area contributed by atoms with Gasteiger partial charge in [-0.1, -0.05) is 37.3 Å². The van der Waals surface area contributed by atoms with Crippen LogP contribution in [0.3, 0.4) is 0 Å². The van der Waals surface area contributed by atoms with Crippen LogP contribution in [0.15, 0.2) is 41.1 Å². The molecule has 142 valence electrons. The molecule has 6 heteroatoms. The van der Waals surface area contributed by atoms with Crippen LogP contribution in [0.4, 0.5) is 0 Å². The van der Waals surface area contributed by atoms with E-state index < -0.39 is 5.54 Å². The van der Waals surface area contributed by atoms with Crippen molar-refractivity contribution in [3.05, 3.63) is 53.7 Å². The van der Waals surface area contributed by atoms with Gasteiger partial charge in [-0.25, -0.2) is 4.98 Å². The fourth-order valence-electron chi connectivity index (χ4n) is 4.50. The Balaban J connectivity index is 1.60. The summed E-state index contributed by atoms with van der Waals surface area (Å²) in [4.78, 5) is 34.5. The highest BCUT2D eigenvalue weighted by molar-refractivity contribution is 5.99. The van der Waals surface area contributed by atoms with Gasteiger partial charge in [0.2, 0.25) is 5.91 Å². The van der Waals surface area contributed by atoms with Crippen LogP contribution in [0.1, 0.15) is 54.4 Å². The summed E-state index contributed by atoms with van der Waals surface area (Å²) in [5.74, 6) is 0.490. The molecule has 0 saturated carbocycles. The van der Waals surface area contributed by atoms with E-state index >= 15 is 0 Å². The first-order valence-electron chi connectivity index (χ1n) is 9.73. The third kappa shape index (κ3) is 3.03. The largest absolute Gasteiger partial charge is 0.448 e. The van der Waals surface area contributed by atoms with Crippen LogP contribution in [-0.4, -0.2) is 45.2 Å². The van der Waals surface area contributed by atoms with E-state index in [1.54, 1.807) is 4.90 Å². The lowest BCUT2D eigenvalue weighted by atomic mass is 9.85. The lowest BCUT2D eigenvalue weighted by Gasteiger charge is -2.44. The zero-order valence-corrected chi connectivity index (χ0v) is 15.7. The maximum absolute atomic E-state index is 13.5. The minimum Gasteiger partial charge on any atom is -0.448 e. The molecule has 2 aromatic rings. The zero-order chi connectivity index (χ0) is 18.9. The molecule has 2 amide bonds. The van der Waals surface area contributed by atoms with Crippen molar-refractivity contribution in [2.45, 2.75) is 51.1 Å². The Morgan fingerprint density at radius 1 is 1.19 bits per heavy atom. The quantitative estimate of drug-likeness (QED) is 0.833. The third-order valence-electron chi connectivity index (χ3n) is 5.82. The molecule has 0 radical (unpaired) electrons. The number of aryl methyl sites for hydroxylation is 1. The predicted molar refractivity (Wildman–Crippen MR) is 100.0 cm³/mol. The summed E-state index contributed by atoms with van der Waals surface area (Å²) >= 11 is 0. The van der Waals surface area contributed by atoms with Crippen LogP contribution in [0.5, 0.6) is 0 Å². The summed E-state index contributed by atoms with van der Waals surface area (Å²) in [6.07, 6.45) is 5.12. The second kappa shape index (κ2) is 7.18. The van der Waals surface area contributed by atoms with Crippen LogP contribution >= 0.6 is 0 Å². The molecule has 2 aliphatic rings. The highest BCUT2D eigenvalue weighted by Crippen LogP contribution is 2.39. The van der Waals surface area contributed by atoms with Gasteiger partial charge in [0.1, 0.15) is 11.3 Å². The Morgan fingerprint density at radius 3 is 2.67 bits per heavy atom. The number of hydrogen-bond donors (Lipinski definition) is 0. The number of nitrogens with zero attached hydrogens (tertiary/aromatic N) is 3. The second-order valence-electron chi connectivity index (χ2n) is 7.39. The van der Waals surface area contributed by atoms with Gasteiger partial charge in [0.15, 0.2) is 12.1 Å². The normalized spacial score (nSPS) is 22.6. The number of aromatic nitrogens is 1. The molecule has 0 N–H and O–H groups in total. The lowest BCUT2D eigenvalue weighted by Crippen LogP contribution is -2.61. The van der Waals surface area contributed by atoms with Gasteiger partial charge in [0, 0.05) is 26.1 Å². The predicted octanol–water partition coefficient (Wildman–Crippen LogP) is 3.03.